The summed E-state index contributed by atoms with van der Waals surface area (Å²) in [5, 5.41) is 8.43. The molecule has 0 radical (unpaired) electrons. The number of carbonyl (C=O) groups is 1. The largest absolute Gasteiger partial charge is 0.480 e. The molecule has 0 heterocycles. The van der Waals surface area contributed by atoms with Crippen molar-refractivity contribution in [2.75, 3.05) is 5.75 Å². The number of hydrogen-bond acceptors (Lipinski definition) is 3. The van der Waals surface area contributed by atoms with Gasteiger partial charge in [0.15, 0.2) is 9.84 Å². The summed E-state index contributed by atoms with van der Waals surface area (Å²) in [4.78, 5) is 10.3. The van der Waals surface area contributed by atoms with E-state index in [2.05, 4.69) is 0 Å². The van der Waals surface area contributed by atoms with E-state index in [0.29, 0.717) is 5.56 Å². The van der Waals surface area contributed by atoms with Gasteiger partial charge in [0.25, 0.3) is 0 Å². The normalized spacial score (nSPS) is 11.3. The average molecular weight is 242 g/mol. The molecule has 1 aromatic carbocycles. The van der Waals surface area contributed by atoms with E-state index in [4.69, 9.17) is 5.11 Å². The van der Waals surface area contributed by atoms with Crippen molar-refractivity contribution in [2.45, 2.75) is 19.1 Å². The number of benzene rings is 1. The molecule has 1 rings (SSSR count). The Hall–Kier alpha value is -1.36. The lowest BCUT2D eigenvalue weighted by molar-refractivity contribution is -0.134. The first-order chi connectivity index (χ1) is 7.43. The number of sulfone groups is 1. The maximum absolute atomic E-state index is 11.4. The molecule has 5 heteroatoms. The van der Waals surface area contributed by atoms with Crippen molar-refractivity contribution in [2.24, 2.45) is 0 Å². The highest BCUT2D eigenvalue weighted by atomic mass is 32.2. The van der Waals surface area contributed by atoms with Crippen LogP contribution in [0, 0.1) is 0 Å². The van der Waals surface area contributed by atoms with Crippen molar-refractivity contribution >= 4 is 15.8 Å². The van der Waals surface area contributed by atoms with E-state index in [9.17, 15) is 13.2 Å². The number of hydrogen-bond donors (Lipinski definition) is 1. The van der Waals surface area contributed by atoms with E-state index < -0.39 is 21.6 Å². The van der Waals surface area contributed by atoms with Gasteiger partial charge in [-0.3, -0.25) is 4.79 Å². The minimum Gasteiger partial charge on any atom is -0.480 e. The predicted octanol–water partition coefficient (Wildman–Crippen LogP) is 1.25. The Morgan fingerprint density at radius 1 is 1.19 bits per heavy atom. The Bertz CT molecular complexity index is 459. The quantitative estimate of drug-likeness (QED) is 0.843. The number of carboxylic acid groups (broad SMARTS) is 1. The Morgan fingerprint density at radius 3 is 2.12 bits per heavy atom. The van der Waals surface area contributed by atoms with Gasteiger partial charge in [-0.2, -0.15) is 0 Å². The Labute approximate surface area is 94.8 Å². The van der Waals surface area contributed by atoms with E-state index in [1.807, 2.05) is 19.1 Å². The molecule has 0 aliphatic carbocycles. The second kappa shape index (κ2) is 5.12. The van der Waals surface area contributed by atoms with E-state index in [1.54, 1.807) is 12.1 Å². The molecular weight excluding hydrogens is 228 g/mol. The topological polar surface area (TPSA) is 71.4 Å². The van der Waals surface area contributed by atoms with E-state index >= 15 is 0 Å². The molecule has 0 aliphatic rings. The number of rotatable bonds is 5. The number of aliphatic carboxylic acids is 1. The van der Waals surface area contributed by atoms with Gasteiger partial charge in [-0.1, -0.05) is 31.2 Å². The zero-order chi connectivity index (χ0) is 12.2. The van der Waals surface area contributed by atoms with Crippen LogP contribution >= 0.6 is 0 Å². The molecule has 0 fully saturated rings. The van der Waals surface area contributed by atoms with Crippen LogP contribution in [0.15, 0.2) is 24.3 Å². The molecule has 0 spiro atoms. The van der Waals surface area contributed by atoms with E-state index in [-0.39, 0.29) is 5.75 Å². The van der Waals surface area contributed by atoms with Crippen molar-refractivity contribution in [1.29, 1.82) is 0 Å². The van der Waals surface area contributed by atoms with Crippen LogP contribution in [0.25, 0.3) is 0 Å². The summed E-state index contributed by atoms with van der Waals surface area (Å²) in [5.41, 5.74) is 1.75. The third-order valence-electron chi connectivity index (χ3n) is 2.16. The number of carboxylic acids is 1. The van der Waals surface area contributed by atoms with Crippen molar-refractivity contribution in [3.05, 3.63) is 35.4 Å². The Kier molecular flexibility index (Phi) is 4.06. The average Bonchev–Trinajstić information content (AvgIpc) is 2.16. The zero-order valence-electron chi connectivity index (χ0n) is 9.01. The van der Waals surface area contributed by atoms with Crippen LogP contribution < -0.4 is 0 Å². The first kappa shape index (κ1) is 12.7. The molecule has 0 bridgehead atoms. The van der Waals surface area contributed by atoms with E-state index in [0.717, 1.165) is 12.0 Å². The Balaban J connectivity index is 2.76. The summed E-state index contributed by atoms with van der Waals surface area (Å²) >= 11 is 0. The first-order valence-corrected chi connectivity index (χ1v) is 6.75. The molecule has 0 amide bonds. The molecule has 0 saturated heterocycles. The van der Waals surface area contributed by atoms with Crippen molar-refractivity contribution in [1.82, 2.24) is 0 Å². The second-order valence-corrected chi connectivity index (χ2v) is 5.66. The fourth-order valence-corrected chi connectivity index (χ4v) is 2.54. The highest BCUT2D eigenvalue weighted by Crippen LogP contribution is 2.09. The molecule has 16 heavy (non-hydrogen) atoms. The SMILES string of the molecule is CCc1ccc(CS(=O)(=O)CC(=O)O)cc1. The maximum atomic E-state index is 11.4. The fraction of sp³-hybridized carbons (Fsp3) is 0.364. The molecule has 1 aromatic rings. The van der Waals surface area contributed by atoms with Crippen LogP contribution in [0.2, 0.25) is 0 Å². The lowest BCUT2D eigenvalue weighted by atomic mass is 10.1. The van der Waals surface area contributed by atoms with Crippen LogP contribution in [0.1, 0.15) is 18.1 Å². The smallest absolute Gasteiger partial charge is 0.318 e. The molecular formula is C11H14O4S. The van der Waals surface area contributed by atoms with Crippen molar-refractivity contribution < 1.29 is 18.3 Å². The van der Waals surface area contributed by atoms with Gasteiger partial charge in [0.05, 0.1) is 5.75 Å². The minimum absolute atomic E-state index is 0.219. The van der Waals surface area contributed by atoms with Crippen molar-refractivity contribution in [3.63, 3.8) is 0 Å². The summed E-state index contributed by atoms with van der Waals surface area (Å²) in [7, 11) is -3.55. The Morgan fingerprint density at radius 2 is 1.69 bits per heavy atom. The van der Waals surface area contributed by atoms with Gasteiger partial charge >= 0.3 is 5.97 Å². The van der Waals surface area contributed by atoms with Crippen LogP contribution in [0.5, 0.6) is 0 Å². The molecule has 0 aromatic heterocycles. The van der Waals surface area contributed by atoms with Crippen LogP contribution in [0.4, 0.5) is 0 Å². The molecule has 0 saturated carbocycles. The fourth-order valence-electron chi connectivity index (χ4n) is 1.36. The lowest BCUT2D eigenvalue weighted by Crippen LogP contribution is -2.16. The number of aryl methyl sites for hydroxylation is 1. The molecule has 0 unspecified atom stereocenters. The summed E-state index contributed by atoms with van der Waals surface area (Å²) in [5.74, 6) is -2.35. The van der Waals surface area contributed by atoms with Gasteiger partial charge in [0.1, 0.15) is 5.75 Å². The zero-order valence-corrected chi connectivity index (χ0v) is 9.83. The summed E-state index contributed by atoms with van der Waals surface area (Å²) in [6, 6.07) is 7.15. The van der Waals surface area contributed by atoms with E-state index in [1.165, 1.54) is 0 Å². The minimum atomic E-state index is -3.55. The molecule has 88 valence electrons. The molecule has 1 N–H and O–H groups in total. The predicted molar refractivity (Wildman–Crippen MR) is 60.9 cm³/mol. The third-order valence-corrected chi connectivity index (χ3v) is 3.62. The molecule has 4 nitrogen and oxygen atoms in total. The monoisotopic (exact) mass is 242 g/mol. The van der Waals surface area contributed by atoms with Crippen LogP contribution in [-0.2, 0) is 26.8 Å². The standard InChI is InChI=1S/C11H14O4S/c1-2-9-3-5-10(6-4-9)7-16(14,15)8-11(12)13/h3-6H,2,7-8H2,1H3,(H,12,13). The van der Waals surface area contributed by atoms with Crippen molar-refractivity contribution in [3.8, 4) is 0 Å². The summed E-state index contributed by atoms with van der Waals surface area (Å²) < 4.78 is 22.8. The first-order valence-electron chi connectivity index (χ1n) is 4.93. The van der Waals surface area contributed by atoms with Gasteiger partial charge in [0.2, 0.25) is 0 Å². The van der Waals surface area contributed by atoms with Gasteiger partial charge in [-0.05, 0) is 17.5 Å². The summed E-state index contributed by atoms with van der Waals surface area (Å²) in [6.45, 7) is 2.01. The van der Waals surface area contributed by atoms with Gasteiger partial charge in [-0.25, -0.2) is 8.42 Å². The molecule has 0 aliphatic heterocycles. The van der Waals surface area contributed by atoms with Crippen LogP contribution in [-0.4, -0.2) is 25.2 Å². The van der Waals surface area contributed by atoms with Gasteiger partial charge < -0.3 is 5.11 Å². The van der Waals surface area contributed by atoms with Gasteiger partial charge in [0, 0.05) is 0 Å². The lowest BCUT2D eigenvalue weighted by Gasteiger charge is -2.03. The van der Waals surface area contributed by atoms with Gasteiger partial charge in [-0.15, -0.1) is 0 Å². The highest BCUT2D eigenvalue weighted by Gasteiger charge is 2.16. The summed E-state index contributed by atoms with van der Waals surface area (Å²) in [6.07, 6.45) is 0.891. The highest BCUT2D eigenvalue weighted by molar-refractivity contribution is 7.91. The second-order valence-electron chi connectivity index (χ2n) is 3.60. The third kappa shape index (κ3) is 4.02. The van der Waals surface area contributed by atoms with Crippen LogP contribution in [0.3, 0.4) is 0 Å². The maximum Gasteiger partial charge on any atom is 0.318 e. The molecule has 0 atom stereocenters.